The second-order valence-corrected chi connectivity index (χ2v) is 15.1. The lowest BCUT2D eigenvalue weighted by Crippen LogP contribution is -2.30. The van der Waals surface area contributed by atoms with Gasteiger partial charge in [-0.25, -0.2) is 8.51 Å². The summed E-state index contributed by atoms with van der Waals surface area (Å²) in [5.41, 5.74) is 1.98. The molecule has 1 aromatic heterocycles. The fourth-order valence-electron chi connectivity index (χ4n) is 4.40. The van der Waals surface area contributed by atoms with E-state index in [1.807, 2.05) is 61.5 Å². The number of benzene rings is 1. The van der Waals surface area contributed by atoms with Crippen LogP contribution in [0.4, 0.5) is 0 Å². The summed E-state index contributed by atoms with van der Waals surface area (Å²) in [7, 11) is 0.398. The minimum atomic E-state index is -1.39. The van der Waals surface area contributed by atoms with Crippen molar-refractivity contribution in [2.45, 2.75) is 110 Å². The molecule has 1 aromatic carbocycles. The Morgan fingerprint density at radius 1 is 0.950 bits per heavy atom. The van der Waals surface area contributed by atoms with E-state index in [2.05, 4.69) is 32.0 Å². The summed E-state index contributed by atoms with van der Waals surface area (Å²) in [6, 6.07) is 8.38. The number of aryl methyl sites for hydroxylation is 2. The number of hydrogen-bond acceptors (Lipinski definition) is 6. The molecule has 8 heteroatoms. The van der Waals surface area contributed by atoms with Gasteiger partial charge in [0.2, 0.25) is 0 Å². The van der Waals surface area contributed by atoms with Crippen molar-refractivity contribution in [3.63, 3.8) is 0 Å². The van der Waals surface area contributed by atoms with Crippen molar-refractivity contribution >= 4 is 34.1 Å². The van der Waals surface area contributed by atoms with Crippen LogP contribution >= 0.6 is 11.3 Å². The monoisotopic (exact) mass is 591 g/mol. The van der Waals surface area contributed by atoms with E-state index in [0.29, 0.717) is 12.3 Å². The predicted octanol–water partition coefficient (Wildman–Crippen LogP) is 7.54. The van der Waals surface area contributed by atoms with Crippen molar-refractivity contribution < 1.29 is 23.3 Å². The van der Waals surface area contributed by atoms with Crippen LogP contribution in [-0.4, -0.2) is 46.1 Å². The van der Waals surface area contributed by atoms with Gasteiger partial charge in [-0.3, -0.25) is 9.59 Å². The summed E-state index contributed by atoms with van der Waals surface area (Å²) in [4.78, 5) is 25.8. The number of rotatable bonds is 14. The zero-order chi connectivity index (χ0) is 30.5. The highest BCUT2D eigenvalue weighted by Gasteiger charge is 2.34. The van der Waals surface area contributed by atoms with Crippen LogP contribution in [0, 0.1) is 19.3 Å². The molecule has 0 aliphatic carbocycles. The SMILES string of the molecule is CCC(C)(C)OC(=O)CCN(C)S(=O)c1sc(C(CC)(CC)c2ccc(OCC(=O)C(C)(C)C)c(C)c2)cc1C. The number of esters is 1. The first-order valence-electron chi connectivity index (χ1n) is 14.2. The maximum Gasteiger partial charge on any atom is 0.307 e. The van der Waals surface area contributed by atoms with Crippen molar-refractivity contribution in [3.8, 4) is 5.75 Å². The zero-order valence-corrected chi connectivity index (χ0v) is 28.0. The molecular weight excluding hydrogens is 542 g/mol. The van der Waals surface area contributed by atoms with Crippen LogP contribution in [0.2, 0.25) is 0 Å². The topological polar surface area (TPSA) is 72.9 Å². The fourth-order valence-corrected chi connectivity index (χ4v) is 7.46. The molecule has 0 saturated carbocycles. The Bertz CT molecular complexity index is 1200. The van der Waals surface area contributed by atoms with Gasteiger partial charge in [-0.05, 0) is 75.8 Å². The van der Waals surface area contributed by atoms with Crippen LogP contribution in [0.25, 0.3) is 0 Å². The number of carbonyl (C=O) groups is 2. The average Bonchev–Trinajstić information content (AvgIpc) is 3.28. The average molecular weight is 592 g/mol. The number of hydrogen-bond donors (Lipinski definition) is 0. The molecule has 0 saturated heterocycles. The Hall–Kier alpha value is -2.03. The van der Waals surface area contributed by atoms with Crippen LogP contribution in [0.3, 0.4) is 0 Å². The van der Waals surface area contributed by atoms with Gasteiger partial charge in [0.1, 0.15) is 33.2 Å². The van der Waals surface area contributed by atoms with Gasteiger partial charge in [-0.15, -0.1) is 11.3 Å². The molecule has 1 heterocycles. The Labute approximate surface area is 248 Å². The summed E-state index contributed by atoms with van der Waals surface area (Å²) >= 11 is 1.59. The molecule has 0 bridgehead atoms. The second-order valence-electron chi connectivity index (χ2n) is 12.3. The Balaban J connectivity index is 2.27. The van der Waals surface area contributed by atoms with Gasteiger partial charge in [0.15, 0.2) is 5.78 Å². The van der Waals surface area contributed by atoms with Gasteiger partial charge < -0.3 is 9.47 Å². The van der Waals surface area contributed by atoms with E-state index in [4.69, 9.17) is 9.47 Å². The van der Waals surface area contributed by atoms with Crippen LogP contribution in [-0.2, 0) is 30.7 Å². The van der Waals surface area contributed by atoms with Gasteiger partial charge in [0, 0.05) is 29.3 Å². The van der Waals surface area contributed by atoms with E-state index in [9.17, 15) is 13.8 Å². The lowest BCUT2D eigenvalue weighted by Gasteiger charge is -2.32. The Morgan fingerprint density at radius 2 is 1.57 bits per heavy atom. The maximum atomic E-state index is 13.5. The Morgan fingerprint density at radius 3 is 2.10 bits per heavy atom. The molecule has 0 N–H and O–H groups in total. The largest absolute Gasteiger partial charge is 0.486 e. The molecule has 0 amide bonds. The van der Waals surface area contributed by atoms with E-state index >= 15 is 0 Å². The van der Waals surface area contributed by atoms with E-state index < -0.39 is 22.0 Å². The molecule has 224 valence electrons. The van der Waals surface area contributed by atoms with Crippen molar-refractivity contribution in [2.24, 2.45) is 5.41 Å². The van der Waals surface area contributed by atoms with Crippen LogP contribution in [0.15, 0.2) is 28.5 Å². The molecule has 1 atom stereocenters. The maximum absolute atomic E-state index is 13.5. The predicted molar refractivity (Wildman–Crippen MR) is 166 cm³/mol. The van der Waals surface area contributed by atoms with Crippen molar-refractivity contribution in [1.29, 1.82) is 0 Å². The summed E-state index contributed by atoms with van der Waals surface area (Å²) < 4.78 is 27.5. The van der Waals surface area contributed by atoms with Crippen LogP contribution < -0.4 is 4.74 Å². The zero-order valence-electron chi connectivity index (χ0n) is 26.4. The lowest BCUT2D eigenvalue weighted by molar-refractivity contribution is -0.156. The number of Topliss-reactive ketones (excluding diaryl/α,β-unsaturated/α-hetero) is 1. The van der Waals surface area contributed by atoms with Crippen molar-refractivity contribution in [3.05, 3.63) is 45.8 Å². The van der Waals surface area contributed by atoms with Gasteiger partial charge in [0.05, 0.1) is 6.42 Å². The molecule has 0 aliphatic heterocycles. The molecule has 40 heavy (non-hydrogen) atoms. The highest BCUT2D eigenvalue weighted by Crippen LogP contribution is 2.45. The summed E-state index contributed by atoms with van der Waals surface area (Å²) in [5, 5.41) is 0. The van der Waals surface area contributed by atoms with Gasteiger partial charge >= 0.3 is 5.97 Å². The summed E-state index contributed by atoms with van der Waals surface area (Å²) in [6.45, 7) is 20.3. The Kier molecular flexibility index (Phi) is 11.8. The summed E-state index contributed by atoms with van der Waals surface area (Å²) in [5.74, 6) is 0.503. The van der Waals surface area contributed by atoms with Crippen molar-refractivity contribution in [2.75, 3.05) is 20.2 Å². The number of carbonyl (C=O) groups excluding carboxylic acids is 2. The molecule has 0 spiro atoms. The minimum Gasteiger partial charge on any atom is -0.486 e. The summed E-state index contributed by atoms with van der Waals surface area (Å²) in [6.07, 6.45) is 2.69. The number of nitrogens with zero attached hydrogens (tertiary/aromatic N) is 1. The molecular formula is C32H49NO5S2. The van der Waals surface area contributed by atoms with Crippen LogP contribution in [0.1, 0.15) is 103 Å². The first-order chi connectivity index (χ1) is 18.5. The molecule has 0 radical (unpaired) electrons. The molecule has 2 rings (SSSR count). The normalized spacial score (nSPS) is 13.4. The molecule has 0 fully saturated rings. The quantitative estimate of drug-likeness (QED) is 0.212. The third kappa shape index (κ3) is 8.26. The number of ketones is 1. The lowest BCUT2D eigenvalue weighted by atomic mass is 9.74. The fraction of sp³-hybridized carbons (Fsp3) is 0.625. The van der Waals surface area contributed by atoms with E-state index in [1.165, 1.54) is 10.4 Å². The van der Waals surface area contributed by atoms with Gasteiger partial charge in [-0.2, -0.15) is 0 Å². The van der Waals surface area contributed by atoms with E-state index in [-0.39, 0.29) is 30.2 Å². The molecule has 2 aromatic rings. The first-order valence-corrected chi connectivity index (χ1v) is 16.2. The molecule has 0 aliphatic rings. The highest BCUT2D eigenvalue weighted by molar-refractivity contribution is 7.85. The van der Waals surface area contributed by atoms with E-state index in [1.54, 1.807) is 22.7 Å². The second kappa shape index (κ2) is 13.8. The highest BCUT2D eigenvalue weighted by atomic mass is 32.2. The van der Waals surface area contributed by atoms with Gasteiger partial charge in [-0.1, -0.05) is 53.7 Å². The molecule has 6 nitrogen and oxygen atoms in total. The number of ether oxygens (including phenoxy) is 2. The van der Waals surface area contributed by atoms with Crippen molar-refractivity contribution in [1.82, 2.24) is 4.31 Å². The van der Waals surface area contributed by atoms with Crippen LogP contribution in [0.5, 0.6) is 5.75 Å². The standard InChI is InChI=1S/C32H49NO5S2/c1-12-31(9,10)38-28(35)17-18-33(11)40(36)29-23(5)20-27(39-29)32(13-2,14-3)24-15-16-25(22(4)19-24)37-21-26(34)30(6,7)8/h15-16,19-20H,12-14,17-18,21H2,1-11H3. The van der Waals surface area contributed by atoms with E-state index in [0.717, 1.165) is 34.6 Å². The minimum absolute atomic E-state index is 0.0529. The smallest absolute Gasteiger partial charge is 0.307 e. The number of thiophene rings is 1. The first kappa shape index (κ1) is 34.2. The molecule has 1 unspecified atom stereocenters. The third-order valence-electron chi connectivity index (χ3n) is 7.79. The third-order valence-corrected chi connectivity index (χ3v) is 11.1. The van der Waals surface area contributed by atoms with Gasteiger partial charge in [0.25, 0.3) is 0 Å².